The molecule has 4 aromatic rings. The van der Waals surface area contributed by atoms with Gasteiger partial charge in [-0.15, -0.1) is 0 Å². The Balaban J connectivity index is 1.21. The molecule has 50 heavy (non-hydrogen) atoms. The van der Waals surface area contributed by atoms with Gasteiger partial charge in [0.05, 0.1) is 30.4 Å². The highest BCUT2D eigenvalue weighted by atomic mass is 19.3. The Hall–Kier alpha value is -6.13. The number of fused-ring (bicyclic) bond motifs is 2. The van der Waals surface area contributed by atoms with Gasteiger partial charge in [0.25, 0.3) is 24.7 Å². The Morgan fingerprint density at radius 3 is 1.92 bits per heavy atom. The molecule has 3 aliphatic rings. The monoisotopic (exact) mass is 686 g/mol. The molecule has 1 aliphatic carbocycles. The quantitative estimate of drug-likeness (QED) is 0.141. The lowest BCUT2D eigenvalue weighted by Crippen LogP contribution is -2.21. The largest absolute Gasteiger partial charge is 0.492 e. The Morgan fingerprint density at radius 2 is 1.40 bits per heavy atom. The van der Waals surface area contributed by atoms with Crippen LogP contribution in [0.3, 0.4) is 0 Å². The number of ether oxygens (including phenoxy) is 1. The Bertz CT molecular complexity index is 2200. The Labute approximate surface area is 281 Å². The molecule has 11 nitrogen and oxygen atoms in total. The van der Waals surface area contributed by atoms with Gasteiger partial charge in [-0.2, -0.15) is 10.2 Å². The van der Waals surface area contributed by atoms with Crippen LogP contribution in [0.5, 0.6) is 5.75 Å². The molecule has 0 atom stereocenters. The number of hydrogen-bond acceptors (Lipinski definition) is 7. The number of alkyl halides is 4. The molecule has 0 unspecified atom stereocenters. The highest BCUT2D eigenvalue weighted by Gasteiger charge is 2.37. The van der Waals surface area contributed by atoms with Gasteiger partial charge < -0.3 is 26.0 Å². The zero-order chi connectivity index (χ0) is 35.3. The standard InChI is InChI=1S/C33H24BF5N8O3/c1-2-50-27-6-4-3-5-22(27)45-33(49)19-14-41-47-26(29(38)39)12-24(43-31(19)47)17-10-16(17)23-11-25(28(36)37)46-30(42-23)18(13-40-46)32(48)44-21-8-7-15(34)9-20(21)35/h3-9,11-14,28-29,42-43H,2,10H2,1H3,(H,44,48)(H,45,49)/b23-16+,24-17-. The van der Waals surface area contributed by atoms with Crippen molar-refractivity contribution in [3.8, 4) is 5.75 Å². The molecule has 4 N–H and O–H groups in total. The van der Waals surface area contributed by atoms with E-state index in [-0.39, 0.29) is 51.7 Å². The number of para-hydroxylation sites is 2. The SMILES string of the molecule is [B]c1ccc(NC(=O)c2cnn3c2N/C(=C2\C\C2=C2/C=C(C(F)F)n4ncc(C(=O)Nc5ccccc5OCC)c4N2)C=C3C(F)F)c(F)c1. The van der Waals surface area contributed by atoms with Crippen molar-refractivity contribution in [1.82, 2.24) is 19.6 Å². The summed E-state index contributed by atoms with van der Waals surface area (Å²) < 4.78 is 78.8. The average Bonchev–Trinajstić information content (AvgIpc) is 3.58. The van der Waals surface area contributed by atoms with Gasteiger partial charge in [-0.1, -0.05) is 23.7 Å². The summed E-state index contributed by atoms with van der Waals surface area (Å²) in [6.45, 7) is 2.13. The molecule has 1 fully saturated rings. The third-order valence-electron chi connectivity index (χ3n) is 7.97. The molecule has 2 amide bonds. The maximum Gasteiger partial charge on any atom is 0.280 e. The van der Waals surface area contributed by atoms with Crippen molar-refractivity contribution < 1.29 is 36.3 Å². The van der Waals surface area contributed by atoms with Crippen molar-refractivity contribution in [3.05, 3.63) is 106 Å². The maximum absolute atomic E-state index is 14.4. The fourth-order valence-corrected chi connectivity index (χ4v) is 5.55. The predicted octanol–water partition coefficient (Wildman–Crippen LogP) is 5.59. The molecule has 2 aliphatic heterocycles. The molecule has 4 heterocycles. The molecule has 7 rings (SSSR count). The lowest BCUT2D eigenvalue weighted by Gasteiger charge is -2.21. The van der Waals surface area contributed by atoms with E-state index >= 15 is 0 Å². The van der Waals surface area contributed by atoms with E-state index in [1.54, 1.807) is 31.2 Å². The van der Waals surface area contributed by atoms with Crippen molar-refractivity contribution in [2.75, 3.05) is 27.9 Å². The second-order valence-electron chi connectivity index (χ2n) is 11.2. The van der Waals surface area contributed by atoms with Crippen molar-refractivity contribution in [2.24, 2.45) is 0 Å². The summed E-state index contributed by atoms with van der Waals surface area (Å²) in [7, 11) is 5.57. The fraction of sp³-hybridized carbons (Fsp3) is 0.152. The number of halogens is 5. The van der Waals surface area contributed by atoms with Crippen LogP contribution in [-0.4, -0.2) is 58.7 Å². The summed E-state index contributed by atoms with van der Waals surface area (Å²) in [6, 6.07) is 10.4. The van der Waals surface area contributed by atoms with Crippen LogP contribution in [0.2, 0.25) is 0 Å². The molecule has 252 valence electrons. The van der Waals surface area contributed by atoms with Crippen molar-refractivity contribution in [2.45, 2.75) is 26.2 Å². The van der Waals surface area contributed by atoms with Gasteiger partial charge in [-0.05, 0) is 54.5 Å². The highest BCUT2D eigenvalue weighted by molar-refractivity contribution is 6.32. The van der Waals surface area contributed by atoms with Crippen molar-refractivity contribution in [3.63, 3.8) is 0 Å². The van der Waals surface area contributed by atoms with Gasteiger partial charge in [0, 0.05) is 17.8 Å². The van der Waals surface area contributed by atoms with Crippen LogP contribution in [0, 0.1) is 5.82 Å². The smallest absolute Gasteiger partial charge is 0.280 e. The van der Waals surface area contributed by atoms with Gasteiger partial charge in [-0.25, -0.2) is 31.3 Å². The van der Waals surface area contributed by atoms with Gasteiger partial charge in [0.2, 0.25) is 0 Å². The molecular weight excluding hydrogens is 662 g/mol. The number of aromatic nitrogens is 4. The number of amides is 2. The molecule has 2 aromatic heterocycles. The third-order valence-corrected chi connectivity index (χ3v) is 7.97. The van der Waals surface area contributed by atoms with Crippen LogP contribution in [0.4, 0.5) is 45.0 Å². The van der Waals surface area contributed by atoms with E-state index in [9.17, 15) is 31.5 Å². The maximum atomic E-state index is 14.4. The lowest BCUT2D eigenvalue weighted by atomic mass is 9.96. The molecule has 0 spiro atoms. The first-order chi connectivity index (χ1) is 24.0. The summed E-state index contributed by atoms with van der Waals surface area (Å²) >= 11 is 0. The Morgan fingerprint density at radius 1 is 0.860 bits per heavy atom. The number of benzene rings is 2. The summed E-state index contributed by atoms with van der Waals surface area (Å²) in [5.74, 6) is -2.00. The Kier molecular flexibility index (Phi) is 8.25. The fourth-order valence-electron chi connectivity index (χ4n) is 5.55. The van der Waals surface area contributed by atoms with E-state index in [0.29, 0.717) is 29.2 Å². The van der Waals surface area contributed by atoms with Gasteiger partial charge in [0.1, 0.15) is 53.6 Å². The normalized spacial score (nSPS) is 17.7. The topological polar surface area (TPSA) is 127 Å². The van der Waals surface area contributed by atoms with Crippen molar-refractivity contribution >= 4 is 59.5 Å². The minimum absolute atomic E-state index is 0.0275. The van der Waals surface area contributed by atoms with Crippen molar-refractivity contribution in [1.29, 1.82) is 0 Å². The molecule has 0 saturated heterocycles. The van der Waals surface area contributed by atoms with Crippen LogP contribution in [0.15, 0.2) is 89.6 Å². The zero-order valence-corrected chi connectivity index (χ0v) is 25.9. The number of carbonyl (C=O) groups is 2. The van der Waals surface area contributed by atoms with Crippen LogP contribution in [0.25, 0.3) is 11.4 Å². The number of carbonyl (C=O) groups excluding carboxylic acids is 2. The van der Waals surface area contributed by atoms with E-state index in [2.05, 4.69) is 31.5 Å². The number of anilines is 4. The van der Waals surface area contributed by atoms with E-state index in [0.717, 1.165) is 33.9 Å². The summed E-state index contributed by atoms with van der Waals surface area (Å²) in [5, 5.41) is 19.0. The number of nitrogens with zero attached hydrogens (tertiary/aromatic N) is 4. The number of hydrogen-bond donors (Lipinski definition) is 4. The number of nitrogens with one attached hydrogen (secondary N) is 4. The second-order valence-corrected chi connectivity index (χ2v) is 11.2. The minimum atomic E-state index is -3.02. The van der Waals surface area contributed by atoms with E-state index < -0.39 is 41.9 Å². The van der Waals surface area contributed by atoms with Crippen LogP contribution >= 0.6 is 0 Å². The van der Waals surface area contributed by atoms with Gasteiger partial charge in [-0.3, -0.25) is 9.59 Å². The molecule has 0 bridgehead atoms. The molecule has 2 aromatic carbocycles. The van der Waals surface area contributed by atoms with Gasteiger partial charge >= 0.3 is 0 Å². The number of allylic oxidation sites excluding steroid dienone is 6. The van der Waals surface area contributed by atoms with E-state index in [1.165, 1.54) is 18.2 Å². The first-order valence-electron chi connectivity index (χ1n) is 15.1. The van der Waals surface area contributed by atoms with E-state index in [1.807, 2.05) is 0 Å². The molecule has 2 radical (unpaired) electrons. The third kappa shape index (κ3) is 5.90. The predicted molar refractivity (Wildman–Crippen MR) is 176 cm³/mol. The number of rotatable bonds is 8. The molecule has 1 saturated carbocycles. The first-order valence-corrected chi connectivity index (χ1v) is 15.1. The molecular formula is C33H24BF5N8O3. The van der Waals surface area contributed by atoms with Crippen LogP contribution < -0.4 is 31.5 Å². The van der Waals surface area contributed by atoms with Gasteiger partial charge in [0.15, 0.2) is 0 Å². The average molecular weight is 686 g/mol. The zero-order valence-electron chi connectivity index (χ0n) is 25.9. The van der Waals surface area contributed by atoms with Crippen LogP contribution in [0.1, 0.15) is 34.1 Å². The van der Waals surface area contributed by atoms with E-state index in [4.69, 9.17) is 12.6 Å². The highest BCUT2D eigenvalue weighted by Crippen LogP contribution is 2.47. The summed E-state index contributed by atoms with van der Waals surface area (Å²) in [4.78, 5) is 26.5. The summed E-state index contributed by atoms with van der Waals surface area (Å²) in [5.41, 5.74) is 0.367. The minimum Gasteiger partial charge on any atom is -0.492 e. The summed E-state index contributed by atoms with van der Waals surface area (Å²) in [6.07, 6.45) is -1.29. The van der Waals surface area contributed by atoms with Crippen LogP contribution in [-0.2, 0) is 0 Å². The molecule has 17 heteroatoms. The lowest BCUT2D eigenvalue weighted by molar-refractivity contribution is 0.101. The second kappa shape index (κ2) is 12.7. The first kappa shape index (κ1) is 32.4.